The standard InChI is InChI=1S/C21H29N3O3S2/c1-5-23(6-2)20-13-12-18(29(26,27)24(7-3)8-4)16-19(20)22-21(25)14-11-17-10-9-15-28-17/h9-16H,5-8H2,1-4H3,(H,22,25)/b14-11-. The number of anilines is 2. The Kier molecular flexibility index (Phi) is 8.43. The van der Waals surface area contributed by atoms with Crippen molar-refractivity contribution < 1.29 is 13.2 Å². The topological polar surface area (TPSA) is 69.7 Å². The maximum absolute atomic E-state index is 12.9. The molecule has 1 N–H and O–H groups in total. The van der Waals surface area contributed by atoms with Crippen LogP contribution in [0.25, 0.3) is 6.08 Å². The molecular weight excluding hydrogens is 406 g/mol. The first-order valence-corrected chi connectivity index (χ1v) is 12.1. The third-order valence-corrected chi connectivity index (χ3v) is 7.50. The highest BCUT2D eigenvalue weighted by atomic mass is 32.2. The molecule has 1 heterocycles. The van der Waals surface area contributed by atoms with Crippen LogP contribution in [0.15, 0.2) is 46.7 Å². The predicted octanol–water partition coefficient (Wildman–Crippen LogP) is 4.28. The fraction of sp³-hybridized carbons (Fsp3) is 0.381. The van der Waals surface area contributed by atoms with E-state index in [9.17, 15) is 13.2 Å². The third-order valence-electron chi connectivity index (χ3n) is 4.62. The second-order valence-electron chi connectivity index (χ2n) is 6.28. The molecule has 1 amide bonds. The van der Waals surface area contributed by atoms with E-state index < -0.39 is 10.0 Å². The Morgan fingerprint density at radius 2 is 1.76 bits per heavy atom. The van der Waals surface area contributed by atoms with Gasteiger partial charge in [0.25, 0.3) is 0 Å². The highest BCUT2D eigenvalue weighted by Gasteiger charge is 2.23. The average molecular weight is 436 g/mol. The molecule has 29 heavy (non-hydrogen) atoms. The van der Waals surface area contributed by atoms with Gasteiger partial charge in [0.1, 0.15) is 0 Å². The van der Waals surface area contributed by atoms with E-state index in [2.05, 4.69) is 10.2 Å². The van der Waals surface area contributed by atoms with Crippen molar-refractivity contribution in [3.8, 4) is 0 Å². The number of carbonyl (C=O) groups is 1. The SMILES string of the molecule is CCN(CC)c1ccc(S(=O)(=O)N(CC)CC)cc1NC(=O)/C=C\c1cccs1. The molecule has 8 heteroatoms. The summed E-state index contributed by atoms with van der Waals surface area (Å²) in [6.45, 7) is 9.92. The fourth-order valence-corrected chi connectivity index (χ4v) is 5.15. The van der Waals surface area contributed by atoms with Gasteiger partial charge in [0.05, 0.1) is 16.3 Å². The number of amides is 1. The van der Waals surface area contributed by atoms with Gasteiger partial charge in [-0.3, -0.25) is 4.79 Å². The minimum atomic E-state index is -3.62. The van der Waals surface area contributed by atoms with Gasteiger partial charge in [-0.15, -0.1) is 11.3 Å². The lowest BCUT2D eigenvalue weighted by atomic mass is 10.2. The second-order valence-corrected chi connectivity index (χ2v) is 9.20. The quantitative estimate of drug-likeness (QED) is 0.566. The first-order valence-electron chi connectivity index (χ1n) is 9.78. The van der Waals surface area contributed by atoms with E-state index in [1.165, 1.54) is 10.4 Å². The number of benzene rings is 1. The Balaban J connectivity index is 2.41. The highest BCUT2D eigenvalue weighted by molar-refractivity contribution is 7.89. The molecule has 158 valence electrons. The van der Waals surface area contributed by atoms with Crippen LogP contribution in [0.3, 0.4) is 0 Å². The Hall–Kier alpha value is -2.16. The zero-order valence-corrected chi connectivity index (χ0v) is 19.0. The lowest BCUT2D eigenvalue weighted by molar-refractivity contribution is -0.111. The molecule has 0 spiro atoms. The van der Waals surface area contributed by atoms with Gasteiger partial charge in [-0.2, -0.15) is 4.31 Å². The molecule has 0 aliphatic rings. The number of nitrogens with one attached hydrogen (secondary N) is 1. The van der Waals surface area contributed by atoms with Gasteiger partial charge in [0, 0.05) is 37.1 Å². The normalized spacial score (nSPS) is 11.9. The summed E-state index contributed by atoms with van der Waals surface area (Å²) in [5.74, 6) is -0.302. The monoisotopic (exact) mass is 435 g/mol. The zero-order chi connectivity index (χ0) is 21.4. The Bertz CT molecular complexity index is 930. The molecule has 0 fully saturated rings. The van der Waals surface area contributed by atoms with Crippen LogP contribution < -0.4 is 10.2 Å². The van der Waals surface area contributed by atoms with E-state index in [1.807, 2.05) is 45.2 Å². The molecule has 2 aromatic rings. The fourth-order valence-electron chi connectivity index (χ4n) is 3.05. The number of thiophene rings is 1. The lowest BCUT2D eigenvalue weighted by Crippen LogP contribution is -2.31. The zero-order valence-electron chi connectivity index (χ0n) is 17.4. The van der Waals surface area contributed by atoms with Crippen molar-refractivity contribution in [2.45, 2.75) is 32.6 Å². The summed E-state index contributed by atoms with van der Waals surface area (Å²) in [4.78, 5) is 15.7. The summed E-state index contributed by atoms with van der Waals surface area (Å²) in [7, 11) is -3.62. The number of hydrogen-bond donors (Lipinski definition) is 1. The minimum Gasteiger partial charge on any atom is -0.370 e. The van der Waals surface area contributed by atoms with Gasteiger partial charge in [0.15, 0.2) is 0 Å². The first kappa shape index (κ1) is 23.1. The van der Waals surface area contributed by atoms with Crippen molar-refractivity contribution in [3.05, 3.63) is 46.7 Å². The van der Waals surface area contributed by atoms with Crippen LogP contribution >= 0.6 is 11.3 Å². The van der Waals surface area contributed by atoms with Gasteiger partial charge >= 0.3 is 0 Å². The number of carbonyl (C=O) groups excluding carboxylic acids is 1. The van der Waals surface area contributed by atoms with Crippen molar-refractivity contribution in [1.82, 2.24) is 4.31 Å². The summed E-state index contributed by atoms with van der Waals surface area (Å²) in [5.41, 5.74) is 1.29. The van der Waals surface area contributed by atoms with Gasteiger partial charge in [-0.25, -0.2) is 8.42 Å². The molecule has 0 aliphatic heterocycles. The number of hydrogen-bond acceptors (Lipinski definition) is 5. The van der Waals surface area contributed by atoms with E-state index in [-0.39, 0.29) is 10.8 Å². The Morgan fingerprint density at radius 1 is 1.07 bits per heavy atom. The van der Waals surface area contributed by atoms with Crippen molar-refractivity contribution >= 4 is 44.7 Å². The summed E-state index contributed by atoms with van der Waals surface area (Å²) < 4.78 is 27.2. The summed E-state index contributed by atoms with van der Waals surface area (Å²) in [6.07, 6.45) is 3.21. The number of sulfonamides is 1. The van der Waals surface area contributed by atoms with Gasteiger partial charge in [0.2, 0.25) is 15.9 Å². The maximum atomic E-state index is 12.9. The van der Waals surface area contributed by atoms with Gasteiger partial charge < -0.3 is 10.2 Å². The van der Waals surface area contributed by atoms with Gasteiger partial charge in [-0.1, -0.05) is 19.9 Å². The van der Waals surface area contributed by atoms with E-state index in [4.69, 9.17) is 0 Å². The molecule has 0 saturated carbocycles. The molecule has 1 aromatic heterocycles. The van der Waals surface area contributed by atoms with E-state index >= 15 is 0 Å². The van der Waals surface area contributed by atoms with Crippen molar-refractivity contribution in [2.75, 3.05) is 36.4 Å². The summed E-state index contributed by atoms with van der Waals surface area (Å²) in [5, 5.41) is 4.81. The molecule has 0 aliphatic carbocycles. The number of nitrogens with zero attached hydrogens (tertiary/aromatic N) is 2. The first-order chi connectivity index (χ1) is 13.9. The molecule has 0 radical (unpaired) electrons. The van der Waals surface area contributed by atoms with E-state index in [0.29, 0.717) is 18.8 Å². The van der Waals surface area contributed by atoms with Crippen molar-refractivity contribution in [1.29, 1.82) is 0 Å². The molecule has 0 saturated heterocycles. The van der Waals surface area contributed by atoms with Crippen LogP contribution in [0.2, 0.25) is 0 Å². The maximum Gasteiger partial charge on any atom is 0.248 e. The minimum absolute atomic E-state index is 0.176. The average Bonchev–Trinajstić information content (AvgIpc) is 3.22. The van der Waals surface area contributed by atoms with Crippen molar-refractivity contribution in [3.63, 3.8) is 0 Å². The van der Waals surface area contributed by atoms with Crippen LogP contribution in [0.4, 0.5) is 11.4 Å². The smallest absolute Gasteiger partial charge is 0.248 e. The van der Waals surface area contributed by atoms with Crippen molar-refractivity contribution in [2.24, 2.45) is 0 Å². The summed E-state index contributed by atoms with van der Waals surface area (Å²) in [6, 6.07) is 8.77. The van der Waals surface area contributed by atoms with E-state index in [0.717, 1.165) is 23.7 Å². The van der Waals surface area contributed by atoms with Crippen LogP contribution in [0.5, 0.6) is 0 Å². The predicted molar refractivity (Wildman–Crippen MR) is 122 cm³/mol. The summed E-state index contributed by atoms with van der Waals surface area (Å²) >= 11 is 1.54. The third kappa shape index (κ3) is 5.68. The lowest BCUT2D eigenvalue weighted by Gasteiger charge is -2.25. The Morgan fingerprint density at radius 3 is 2.31 bits per heavy atom. The molecule has 0 atom stereocenters. The second kappa shape index (κ2) is 10.6. The van der Waals surface area contributed by atoms with Gasteiger partial charge in [-0.05, 0) is 49.6 Å². The molecule has 0 bridgehead atoms. The molecule has 6 nitrogen and oxygen atoms in total. The molecular formula is C21H29N3O3S2. The largest absolute Gasteiger partial charge is 0.370 e. The molecule has 2 rings (SSSR count). The highest BCUT2D eigenvalue weighted by Crippen LogP contribution is 2.30. The van der Waals surface area contributed by atoms with Crippen LogP contribution in [-0.4, -0.2) is 44.8 Å². The van der Waals surface area contributed by atoms with Crippen LogP contribution in [-0.2, 0) is 14.8 Å². The Labute approximate surface area is 177 Å². The number of rotatable bonds is 10. The van der Waals surface area contributed by atoms with Crippen LogP contribution in [0.1, 0.15) is 32.6 Å². The van der Waals surface area contributed by atoms with Crippen LogP contribution in [0, 0.1) is 0 Å². The molecule has 1 aromatic carbocycles. The molecule has 0 unspecified atom stereocenters. The van der Waals surface area contributed by atoms with E-state index in [1.54, 1.807) is 35.6 Å².